The summed E-state index contributed by atoms with van der Waals surface area (Å²) < 4.78 is 24.8. The summed E-state index contributed by atoms with van der Waals surface area (Å²) in [6.07, 6.45) is 5.27. The minimum Gasteiger partial charge on any atom is -0.352 e. The van der Waals surface area contributed by atoms with Crippen LogP contribution in [-0.2, 0) is 19.4 Å². The fourth-order valence-corrected chi connectivity index (χ4v) is 4.89. The summed E-state index contributed by atoms with van der Waals surface area (Å²) in [6.45, 7) is 1.66. The first-order valence-corrected chi connectivity index (χ1v) is 10.7. The van der Waals surface area contributed by atoms with Crippen molar-refractivity contribution in [2.75, 3.05) is 18.1 Å². The lowest BCUT2D eigenvalue weighted by Crippen LogP contribution is -2.37. The lowest BCUT2D eigenvalue weighted by molar-refractivity contribution is -0.124. The Morgan fingerprint density at radius 1 is 1.35 bits per heavy atom. The van der Waals surface area contributed by atoms with E-state index in [4.69, 9.17) is 11.6 Å². The Morgan fingerprint density at radius 2 is 2.08 bits per heavy atom. The summed E-state index contributed by atoms with van der Waals surface area (Å²) in [4.78, 5) is 23.4. The van der Waals surface area contributed by atoms with Crippen LogP contribution in [0, 0.1) is 6.92 Å². The fourth-order valence-electron chi connectivity index (χ4n) is 2.82. The number of carbonyl (C=O) groups is 2. The van der Waals surface area contributed by atoms with Crippen LogP contribution in [0.15, 0.2) is 6.08 Å². The first kappa shape index (κ1) is 18.9. The van der Waals surface area contributed by atoms with Crippen LogP contribution in [0.3, 0.4) is 0 Å². The molecule has 8 nitrogen and oxygen atoms in total. The van der Waals surface area contributed by atoms with E-state index in [9.17, 15) is 18.0 Å². The maximum Gasteiger partial charge on any atom is 0.244 e. The molecule has 1 aliphatic heterocycles. The van der Waals surface area contributed by atoms with Crippen LogP contribution < -0.4 is 10.6 Å². The predicted molar refractivity (Wildman–Crippen MR) is 97.5 cm³/mol. The lowest BCUT2D eigenvalue weighted by Gasteiger charge is -2.09. The molecular weight excluding hydrogens is 380 g/mol. The van der Waals surface area contributed by atoms with Crippen molar-refractivity contribution in [3.8, 4) is 0 Å². The molecule has 2 aliphatic rings. The summed E-state index contributed by atoms with van der Waals surface area (Å²) in [7, 11) is -3.05. The summed E-state index contributed by atoms with van der Waals surface area (Å²) in [5, 5.41) is 9.92. The Labute approximate surface area is 156 Å². The second-order valence-corrected chi connectivity index (χ2v) is 9.27. The van der Waals surface area contributed by atoms with Gasteiger partial charge in [0, 0.05) is 17.7 Å². The molecule has 0 aromatic carbocycles. The van der Waals surface area contributed by atoms with Crippen LogP contribution in [0.2, 0.25) is 5.15 Å². The molecule has 26 heavy (non-hydrogen) atoms. The second kappa shape index (κ2) is 7.40. The molecule has 3 rings (SSSR count). The van der Waals surface area contributed by atoms with Crippen molar-refractivity contribution in [3.05, 3.63) is 22.5 Å². The van der Waals surface area contributed by atoms with E-state index >= 15 is 0 Å². The van der Waals surface area contributed by atoms with Gasteiger partial charge in [0.2, 0.25) is 11.8 Å². The number of nitrogens with one attached hydrogen (secondary N) is 2. The normalized spacial score (nSPS) is 21.8. The molecule has 1 aliphatic carbocycles. The highest BCUT2D eigenvalue weighted by Gasteiger charge is 2.31. The van der Waals surface area contributed by atoms with Crippen LogP contribution in [0.5, 0.6) is 0 Å². The zero-order valence-electron chi connectivity index (χ0n) is 14.4. The number of hydrogen-bond acceptors (Lipinski definition) is 5. The topological polar surface area (TPSA) is 110 Å². The molecule has 0 unspecified atom stereocenters. The van der Waals surface area contributed by atoms with E-state index in [1.807, 2.05) is 0 Å². The molecule has 0 spiro atoms. The number of aryl methyl sites for hydroxylation is 1. The van der Waals surface area contributed by atoms with Crippen LogP contribution in [0.25, 0.3) is 6.08 Å². The first-order valence-electron chi connectivity index (χ1n) is 8.45. The Balaban J connectivity index is 1.61. The highest BCUT2D eigenvalue weighted by atomic mass is 35.5. The molecule has 10 heteroatoms. The van der Waals surface area contributed by atoms with Gasteiger partial charge in [0.1, 0.15) is 5.15 Å². The van der Waals surface area contributed by atoms with E-state index in [1.54, 1.807) is 6.92 Å². The summed E-state index contributed by atoms with van der Waals surface area (Å²) in [6, 6.07) is -0.0325. The molecule has 0 radical (unpaired) electrons. The van der Waals surface area contributed by atoms with Gasteiger partial charge in [-0.2, -0.15) is 5.10 Å². The largest absolute Gasteiger partial charge is 0.352 e. The zero-order valence-corrected chi connectivity index (χ0v) is 15.9. The van der Waals surface area contributed by atoms with Crippen molar-refractivity contribution in [1.29, 1.82) is 0 Å². The molecule has 2 amide bonds. The van der Waals surface area contributed by atoms with Crippen molar-refractivity contribution in [2.45, 2.75) is 38.3 Å². The minimum atomic E-state index is -3.05. The van der Waals surface area contributed by atoms with Crippen molar-refractivity contribution < 1.29 is 18.0 Å². The van der Waals surface area contributed by atoms with Gasteiger partial charge in [-0.05, 0) is 32.3 Å². The Bertz CT molecular complexity index is 858. The number of nitrogens with zero attached hydrogens (tertiary/aromatic N) is 2. The molecule has 1 saturated heterocycles. The van der Waals surface area contributed by atoms with Gasteiger partial charge in [0.05, 0.1) is 29.8 Å². The van der Waals surface area contributed by atoms with Gasteiger partial charge in [-0.25, -0.2) is 13.1 Å². The van der Waals surface area contributed by atoms with E-state index in [0.29, 0.717) is 22.8 Å². The van der Waals surface area contributed by atoms with Crippen LogP contribution in [0.1, 0.15) is 36.6 Å². The van der Waals surface area contributed by atoms with E-state index in [0.717, 1.165) is 12.8 Å². The average molecular weight is 401 g/mol. The standard InChI is InChI=1S/C16H21ClN4O4S/c1-10-13(4-5-14(22)18-8-15(23)19-11-2-3-11)16(17)21(20-10)12-6-7-26(24,25)9-12/h4-5,11-12H,2-3,6-9H2,1H3,(H,18,22)(H,19,23)/b5-4+/t12-/m1/s1. The molecule has 2 N–H and O–H groups in total. The highest BCUT2D eigenvalue weighted by Crippen LogP contribution is 2.30. The van der Waals surface area contributed by atoms with Crippen molar-refractivity contribution in [2.24, 2.45) is 0 Å². The van der Waals surface area contributed by atoms with Gasteiger partial charge >= 0.3 is 0 Å². The van der Waals surface area contributed by atoms with E-state index in [-0.39, 0.29) is 36.0 Å². The Hall–Kier alpha value is -1.87. The summed E-state index contributed by atoms with van der Waals surface area (Å²) >= 11 is 6.34. The van der Waals surface area contributed by atoms with Crippen molar-refractivity contribution >= 4 is 39.3 Å². The number of carbonyl (C=O) groups excluding carboxylic acids is 2. The number of halogens is 1. The van der Waals surface area contributed by atoms with Gasteiger partial charge in [-0.15, -0.1) is 0 Å². The molecule has 1 atom stereocenters. The SMILES string of the molecule is Cc1nn([C@@H]2CCS(=O)(=O)C2)c(Cl)c1/C=C/C(=O)NCC(=O)NC1CC1. The first-order chi connectivity index (χ1) is 12.2. The minimum absolute atomic E-state index is 0.0214. The van der Waals surface area contributed by atoms with Gasteiger partial charge in [-0.1, -0.05) is 11.6 Å². The Kier molecular flexibility index (Phi) is 5.38. The monoisotopic (exact) mass is 400 g/mol. The summed E-state index contributed by atoms with van der Waals surface area (Å²) in [5.74, 6) is -0.474. The smallest absolute Gasteiger partial charge is 0.244 e. The second-order valence-electron chi connectivity index (χ2n) is 6.68. The molecule has 2 heterocycles. The lowest BCUT2D eigenvalue weighted by atomic mass is 10.2. The molecular formula is C16H21ClN4O4S. The van der Waals surface area contributed by atoms with Gasteiger partial charge in [0.25, 0.3) is 0 Å². The molecule has 142 valence electrons. The predicted octanol–water partition coefficient (Wildman–Crippen LogP) is 0.613. The van der Waals surface area contributed by atoms with E-state index in [2.05, 4.69) is 15.7 Å². The maximum absolute atomic E-state index is 11.9. The van der Waals surface area contributed by atoms with E-state index < -0.39 is 15.7 Å². The highest BCUT2D eigenvalue weighted by molar-refractivity contribution is 7.91. The quantitative estimate of drug-likeness (QED) is 0.680. The van der Waals surface area contributed by atoms with Gasteiger partial charge < -0.3 is 10.6 Å². The number of aromatic nitrogens is 2. The number of hydrogen-bond donors (Lipinski definition) is 2. The molecule has 1 aromatic rings. The average Bonchev–Trinajstić information content (AvgIpc) is 3.24. The zero-order chi connectivity index (χ0) is 18.9. The van der Waals surface area contributed by atoms with Crippen molar-refractivity contribution in [3.63, 3.8) is 0 Å². The summed E-state index contributed by atoms with van der Waals surface area (Å²) in [5.41, 5.74) is 1.17. The maximum atomic E-state index is 11.9. The third kappa shape index (κ3) is 4.64. The number of rotatable bonds is 6. The molecule has 1 saturated carbocycles. The molecule has 0 bridgehead atoms. The Morgan fingerprint density at radius 3 is 2.69 bits per heavy atom. The van der Waals surface area contributed by atoms with Crippen LogP contribution in [-0.4, -0.2) is 54.1 Å². The number of amides is 2. The third-order valence-corrected chi connectivity index (χ3v) is 6.52. The van der Waals surface area contributed by atoms with Crippen LogP contribution >= 0.6 is 11.6 Å². The molecule has 1 aromatic heterocycles. The van der Waals surface area contributed by atoms with Gasteiger partial charge in [0.15, 0.2) is 9.84 Å². The van der Waals surface area contributed by atoms with Crippen LogP contribution in [0.4, 0.5) is 0 Å². The third-order valence-electron chi connectivity index (χ3n) is 4.39. The van der Waals surface area contributed by atoms with Gasteiger partial charge in [-0.3, -0.25) is 9.59 Å². The number of sulfone groups is 1. The fraction of sp³-hybridized carbons (Fsp3) is 0.562. The van der Waals surface area contributed by atoms with E-state index in [1.165, 1.54) is 16.8 Å². The molecule has 2 fully saturated rings. The van der Waals surface area contributed by atoms with Crippen molar-refractivity contribution in [1.82, 2.24) is 20.4 Å².